The quantitative estimate of drug-likeness (QED) is 0.825. The molecule has 0 aromatic heterocycles. The van der Waals surface area contributed by atoms with Crippen LogP contribution < -0.4 is 0 Å². The van der Waals surface area contributed by atoms with Crippen molar-refractivity contribution in [3.8, 4) is 0 Å². The van der Waals surface area contributed by atoms with Gasteiger partial charge < -0.3 is 5.11 Å². The first-order valence-corrected chi connectivity index (χ1v) is 8.91. The van der Waals surface area contributed by atoms with Gasteiger partial charge in [0.05, 0.1) is 10.5 Å². The highest BCUT2D eigenvalue weighted by Gasteiger charge is 2.29. The fraction of sp³-hybridized carbons (Fsp3) is 0.500. The lowest BCUT2D eigenvalue weighted by Crippen LogP contribution is -2.36. The van der Waals surface area contributed by atoms with E-state index in [-0.39, 0.29) is 16.5 Å². The molecule has 0 aliphatic carbocycles. The maximum absolute atomic E-state index is 12.8. The fourth-order valence-electron chi connectivity index (χ4n) is 2.20. The van der Waals surface area contributed by atoms with Crippen molar-refractivity contribution in [2.24, 2.45) is 0 Å². The van der Waals surface area contributed by atoms with Gasteiger partial charge in [0.25, 0.3) is 0 Å². The van der Waals surface area contributed by atoms with Crippen molar-refractivity contribution in [1.82, 2.24) is 4.31 Å². The van der Waals surface area contributed by atoms with Crippen LogP contribution in [0.4, 0.5) is 0 Å². The minimum absolute atomic E-state index is 0.0312. The van der Waals surface area contributed by atoms with E-state index in [1.54, 1.807) is 6.92 Å². The molecule has 0 atom stereocenters. The second kappa shape index (κ2) is 6.89. The molecular formula is C14H20BrNO4S. The molecule has 0 bridgehead atoms. The molecule has 0 aliphatic rings. The third-order valence-electron chi connectivity index (χ3n) is 3.66. The number of rotatable bonds is 6. The summed E-state index contributed by atoms with van der Waals surface area (Å²) >= 11 is 3.23. The standard InChI is InChI=1S/C14H20BrNO4S/c1-5-11(6-2)16(4)21(19,20)13-8-10(14(17)18)7-12(15)9(13)3/h7-8,11H,5-6H2,1-4H3,(H,17,18). The van der Waals surface area contributed by atoms with Gasteiger partial charge in [-0.15, -0.1) is 0 Å². The van der Waals surface area contributed by atoms with E-state index in [0.29, 0.717) is 22.9 Å². The van der Waals surface area contributed by atoms with Crippen LogP contribution in [0.1, 0.15) is 42.6 Å². The summed E-state index contributed by atoms with van der Waals surface area (Å²) in [5, 5.41) is 9.10. The summed E-state index contributed by atoms with van der Waals surface area (Å²) < 4.78 is 27.3. The van der Waals surface area contributed by atoms with Gasteiger partial charge in [-0.05, 0) is 37.5 Å². The Morgan fingerprint density at radius 3 is 2.29 bits per heavy atom. The molecule has 1 aromatic rings. The number of hydrogen-bond acceptors (Lipinski definition) is 3. The minimum atomic E-state index is -3.73. The molecular weight excluding hydrogens is 358 g/mol. The summed E-state index contributed by atoms with van der Waals surface area (Å²) in [6.45, 7) is 5.51. The molecule has 0 heterocycles. The zero-order valence-electron chi connectivity index (χ0n) is 12.6. The van der Waals surface area contributed by atoms with E-state index in [9.17, 15) is 13.2 Å². The second-order valence-corrected chi connectivity index (χ2v) is 7.70. The van der Waals surface area contributed by atoms with Crippen LogP contribution in [0.2, 0.25) is 0 Å². The van der Waals surface area contributed by atoms with Crippen LogP contribution in [0.3, 0.4) is 0 Å². The smallest absolute Gasteiger partial charge is 0.335 e. The van der Waals surface area contributed by atoms with Gasteiger partial charge in [0.2, 0.25) is 10.0 Å². The summed E-state index contributed by atoms with van der Waals surface area (Å²) in [4.78, 5) is 11.2. The first-order chi connectivity index (χ1) is 9.66. The number of nitrogens with zero attached hydrogens (tertiary/aromatic N) is 1. The highest BCUT2D eigenvalue weighted by molar-refractivity contribution is 9.10. The minimum Gasteiger partial charge on any atom is -0.478 e. The lowest BCUT2D eigenvalue weighted by Gasteiger charge is -2.26. The molecule has 1 rings (SSSR count). The summed E-state index contributed by atoms with van der Waals surface area (Å²) in [6, 6.07) is 2.52. The van der Waals surface area contributed by atoms with Crippen LogP contribution in [0.25, 0.3) is 0 Å². The molecule has 0 fully saturated rings. The fourth-order valence-corrected chi connectivity index (χ4v) is 4.56. The highest BCUT2D eigenvalue weighted by atomic mass is 79.9. The molecule has 118 valence electrons. The molecule has 0 spiro atoms. The van der Waals surface area contributed by atoms with Gasteiger partial charge in [-0.3, -0.25) is 0 Å². The number of carboxylic acids is 1. The molecule has 1 aromatic carbocycles. The maximum Gasteiger partial charge on any atom is 0.335 e. The molecule has 0 amide bonds. The Balaban J connectivity index is 3.47. The van der Waals surface area contributed by atoms with E-state index in [0.717, 1.165) is 0 Å². The predicted octanol–water partition coefficient (Wildman–Crippen LogP) is 3.26. The molecule has 0 unspecified atom stereocenters. The number of halogens is 1. The van der Waals surface area contributed by atoms with Gasteiger partial charge in [0.1, 0.15) is 0 Å². The van der Waals surface area contributed by atoms with Crippen molar-refractivity contribution in [1.29, 1.82) is 0 Å². The summed E-state index contributed by atoms with van der Waals surface area (Å²) in [5.74, 6) is -1.16. The number of carboxylic acid groups (broad SMARTS) is 1. The van der Waals surface area contributed by atoms with E-state index >= 15 is 0 Å². The average Bonchev–Trinajstić information content (AvgIpc) is 2.42. The van der Waals surface area contributed by atoms with Gasteiger partial charge in [0.15, 0.2) is 0 Å². The highest BCUT2D eigenvalue weighted by Crippen LogP contribution is 2.29. The Bertz CT molecular complexity index is 639. The van der Waals surface area contributed by atoms with Gasteiger partial charge in [-0.25, -0.2) is 13.2 Å². The molecule has 0 radical (unpaired) electrons. The summed E-state index contributed by atoms with van der Waals surface area (Å²) in [5.41, 5.74) is 0.460. The number of hydrogen-bond donors (Lipinski definition) is 1. The first-order valence-electron chi connectivity index (χ1n) is 6.68. The van der Waals surface area contributed by atoms with Crippen molar-refractivity contribution >= 4 is 31.9 Å². The van der Waals surface area contributed by atoms with Gasteiger partial charge in [0, 0.05) is 17.6 Å². The van der Waals surface area contributed by atoms with Gasteiger partial charge in [-0.1, -0.05) is 29.8 Å². The van der Waals surface area contributed by atoms with E-state index in [1.807, 2.05) is 13.8 Å². The normalized spacial score (nSPS) is 12.1. The van der Waals surface area contributed by atoms with Gasteiger partial charge >= 0.3 is 5.97 Å². The van der Waals surface area contributed by atoms with E-state index in [1.165, 1.54) is 23.5 Å². The number of benzene rings is 1. The summed E-state index contributed by atoms with van der Waals surface area (Å²) in [7, 11) is -2.20. The SMILES string of the molecule is CCC(CC)N(C)S(=O)(=O)c1cc(C(=O)O)cc(Br)c1C. The lowest BCUT2D eigenvalue weighted by molar-refractivity contribution is 0.0696. The van der Waals surface area contributed by atoms with Crippen LogP contribution in [-0.4, -0.2) is 36.9 Å². The van der Waals surface area contributed by atoms with Crippen molar-refractivity contribution in [3.05, 3.63) is 27.7 Å². The third-order valence-corrected chi connectivity index (χ3v) is 6.52. The summed E-state index contributed by atoms with van der Waals surface area (Å²) in [6.07, 6.45) is 1.40. The first kappa shape index (κ1) is 18.1. The number of carbonyl (C=O) groups is 1. The Morgan fingerprint density at radius 1 is 1.33 bits per heavy atom. The van der Waals surface area contributed by atoms with Crippen LogP contribution >= 0.6 is 15.9 Å². The van der Waals surface area contributed by atoms with Crippen LogP contribution in [0.15, 0.2) is 21.5 Å². The third kappa shape index (κ3) is 3.64. The Hall–Kier alpha value is -0.920. The second-order valence-electron chi connectivity index (χ2n) is 4.88. The van der Waals surface area contributed by atoms with Crippen molar-refractivity contribution < 1.29 is 18.3 Å². The van der Waals surface area contributed by atoms with Crippen molar-refractivity contribution in [2.45, 2.75) is 44.6 Å². The van der Waals surface area contributed by atoms with Crippen molar-refractivity contribution in [3.63, 3.8) is 0 Å². The number of sulfonamides is 1. The van der Waals surface area contributed by atoms with E-state index in [2.05, 4.69) is 15.9 Å². The Morgan fingerprint density at radius 2 is 1.86 bits per heavy atom. The monoisotopic (exact) mass is 377 g/mol. The maximum atomic E-state index is 12.8. The van der Waals surface area contributed by atoms with Crippen LogP contribution in [0.5, 0.6) is 0 Å². The van der Waals surface area contributed by atoms with E-state index < -0.39 is 16.0 Å². The zero-order valence-corrected chi connectivity index (χ0v) is 15.0. The largest absolute Gasteiger partial charge is 0.478 e. The zero-order chi connectivity index (χ0) is 16.4. The molecule has 0 saturated carbocycles. The molecule has 7 heteroatoms. The Kier molecular flexibility index (Phi) is 5.95. The predicted molar refractivity (Wildman–Crippen MR) is 85.2 cm³/mol. The average molecular weight is 378 g/mol. The van der Waals surface area contributed by atoms with Gasteiger partial charge in [-0.2, -0.15) is 4.31 Å². The van der Waals surface area contributed by atoms with Crippen LogP contribution in [-0.2, 0) is 10.0 Å². The lowest BCUT2D eigenvalue weighted by atomic mass is 10.1. The van der Waals surface area contributed by atoms with E-state index in [4.69, 9.17) is 5.11 Å². The molecule has 21 heavy (non-hydrogen) atoms. The molecule has 5 nitrogen and oxygen atoms in total. The Labute approximate surface area is 134 Å². The van der Waals surface area contributed by atoms with Crippen LogP contribution in [0, 0.1) is 6.92 Å². The molecule has 0 aliphatic heterocycles. The molecule has 1 N–H and O–H groups in total. The number of aromatic carboxylic acids is 1. The van der Waals surface area contributed by atoms with Crippen molar-refractivity contribution in [2.75, 3.05) is 7.05 Å². The topological polar surface area (TPSA) is 74.7 Å². The molecule has 0 saturated heterocycles.